The number of hydrogen-bond acceptors (Lipinski definition) is 7. The molecule has 33 heavy (non-hydrogen) atoms. The first-order valence-electron chi connectivity index (χ1n) is 10.4. The van der Waals surface area contributed by atoms with E-state index < -0.39 is 5.91 Å². The Hall–Kier alpha value is -3.95. The van der Waals surface area contributed by atoms with Crippen LogP contribution in [0.15, 0.2) is 66.7 Å². The van der Waals surface area contributed by atoms with Crippen LogP contribution in [0.3, 0.4) is 0 Å². The van der Waals surface area contributed by atoms with Crippen LogP contribution in [0, 0.1) is 0 Å². The predicted octanol–water partition coefficient (Wildman–Crippen LogP) is 4.19. The number of amides is 2. The minimum absolute atomic E-state index is 0.000991. The van der Waals surface area contributed by atoms with Crippen LogP contribution in [0.2, 0.25) is 0 Å². The molecule has 0 unspecified atom stereocenters. The second-order valence-electron chi connectivity index (χ2n) is 7.28. The van der Waals surface area contributed by atoms with Gasteiger partial charge >= 0.3 is 0 Å². The number of aliphatic hydroxyl groups excluding tert-OH is 1. The Morgan fingerprint density at radius 3 is 2.42 bits per heavy atom. The number of carbonyl (C=O) groups is 2. The fraction of sp³-hybridized carbons (Fsp3) is 0.125. The van der Waals surface area contributed by atoms with Gasteiger partial charge in [0.25, 0.3) is 11.8 Å². The molecule has 0 atom stereocenters. The number of aromatic nitrogens is 1. The van der Waals surface area contributed by atoms with Gasteiger partial charge < -0.3 is 26.8 Å². The van der Waals surface area contributed by atoms with Crippen molar-refractivity contribution in [3.63, 3.8) is 0 Å². The Balaban J connectivity index is 1.49. The lowest BCUT2D eigenvalue weighted by Crippen LogP contribution is -2.17. The van der Waals surface area contributed by atoms with Gasteiger partial charge in [0.15, 0.2) is 10.8 Å². The number of aliphatic hydroxyl groups is 1. The average molecular weight is 462 g/mol. The number of nitrogens with one attached hydrogen (secondary N) is 3. The highest BCUT2D eigenvalue weighted by Gasteiger charge is 2.19. The molecule has 0 spiro atoms. The van der Waals surface area contributed by atoms with E-state index in [1.807, 2.05) is 42.5 Å². The first-order chi connectivity index (χ1) is 16.0. The van der Waals surface area contributed by atoms with Crippen LogP contribution in [0.1, 0.15) is 27.3 Å². The number of primary amides is 1. The molecule has 0 saturated carbocycles. The third-order valence-corrected chi connectivity index (χ3v) is 5.79. The number of nitrogens with zero attached hydrogens (tertiary/aromatic N) is 1. The van der Waals surface area contributed by atoms with E-state index in [9.17, 15) is 9.59 Å². The molecular formula is C24H23N5O3S. The van der Waals surface area contributed by atoms with Crippen molar-refractivity contribution in [3.8, 4) is 0 Å². The van der Waals surface area contributed by atoms with Crippen molar-refractivity contribution >= 4 is 55.4 Å². The average Bonchev–Trinajstić information content (AvgIpc) is 3.22. The highest BCUT2D eigenvalue weighted by molar-refractivity contribution is 7.20. The molecule has 0 aliphatic heterocycles. The monoisotopic (exact) mass is 461 g/mol. The summed E-state index contributed by atoms with van der Waals surface area (Å²) >= 11 is 1.14. The fourth-order valence-corrected chi connectivity index (χ4v) is 4.13. The van der Waals surface area contributed by atoms with E-state index in [4.69, 9.17) is 10.8 Å². The molecule has 0 saturated heterocycles. The van der Waals surface area contributed by atoms with Gasteiger partial charge in [-0.15, -0.1) is 0 Å². The van der Waals surface area contributed by atoms with Gasteiger partial charge in [-0.3, -0.25) is 9.59 Å². The van der Waals surface area contributed by atoms with Crippen LogP contribution in [-0.4, -0.2) is 35.1 Å². The van der Waals surface area contributed by atoms with E-state index >= 15 is 0 Å². The normalized spacial score (nSPS) is 10.7. The minimum Gasteiger partial charge on any atom is -0.396 e. The van der Waals surface area contributed by atoms with E-state index in [0.717, 1.165) is 33.5 Å². The summed E-state index contributed by atoms with van der Waals surface area (Å²) in [5.74, 6) is -1.10. The van der Waals surface area contributed by atoms with Gasteiger partial charge in [0, 0.05) is 30.1 Å². The lowest BCUT2D eigenvalue weighted by molar-refractivity contribution is 0.0997. The van der Waals surface area contributed by atoms with Gasteiger partial charge in [-0.2, -0.15) is 0 Å². The third-order valence-electron chi connectivity index (χ3n) is 4.90. The van der Waals surface area contributed by atoms with Crippen molar-refractivity contribution in [1.82, 2.24) is 4.98 Å². The Bertz CT molecular complexity index is 1290. The van der Waals surface area contributed by atoms with Gasteiger partial charge in [0.2, 0.25) is 0 Å². The Kier molecular flexibility index (Phi) is 6.82. The summed E-state index contributed by atoms with van der Waals surface area (Å²) in [6.45, 7) is 0.750. The maximum Gasteiger partial charge on any atom is 0.270 e. The molecule has 4 rings (SSSR count). The summed E-state index contributed by atoms with van der Waals surface area (Å²) in [6, 6.07) is 20.8. The molecule has 4 aromatic rings. The number of benzene rings is 3. The Labute approximate surface area is 194 Å². The van der Waals surface area contributed by atoms with Crippen LogP contribution < -0.4 is 21.7 Å². The molecule has 8 nitrogen and oxygen atoms in total. The number of carbonyl (C=O) groups excluding carboxylic acids is 2. The van der Waals surface area contributed by atoms with Crippen LogP contribution >= 0.6 is 11.3 Å². The topological polar surface area (TPSA) is 129 Å². The van der Waals surface area contributed by atoms with Crippen LogP contribution in [0.4, 0.5) is 21.5 Å². The summed E-state index contributed by atoms with van der Waals surface area (Å²) in [4.78, 5) is 28.9. The number of anilines is 4. The van der Waals surface area contributed by atoms with E-state index in [2.05, 4.69) is 20.9 Å². The third kappa shape index (κ3) is 5.46. The molecule has 9 heteroatoms. The van der Waals surface area contributed by atoms with Crippen molar-refractivity contribution in [3.05, 3.63) is 78.0 Å². The van der Waals surface area contributed by atoms with E-state index in [1.165, 1.54) is 0 Å². The summed E-state index contributed by atoms with van der Waals surface area (Å²) in [7, 11) is 0. The molecule has 168 valence electrons. The largest absolute Gasteiger partial charge is 0.396 e. The summed E-state index contributed by atoms with van der Waals surface area (Å²) < 4.78 is 0. The highest BCUT2D eigenvalue weighted by atomic mass is 32.1. The first kappa shape index (κ1) is 22.3. The quantitative estimate of drug-likeness (QED) is 0.238. The molecule has 0 aliphatic carbocycles. The predicted molar refractivity (Wildman–Crippen MR) is 132 cm³/mol. The van der Waals surface area contributed by atoms with E-state index in [0.29, 0.717) is 23.7 Å². The van der Waals surface area contributed by atoms with Crippen molar-refractivity contribution in [2.75, 3.05) is 29.1 Å². The molecule has 1 aromatic heterocycles. The SMILES string of the molecule is NC(=O)c1nc(Nc2ccc3ccccc3c2)sc1NC(=O)c1ccc(NCCCO)cc1. The van der Waals surface area contributed by atoms with Gasteiger partial charge in [0.1, 0.15) is 5.00 Å². The molecule has 0 bridgehead atoms. The van der Waals surface area contributed by atoms with Gasteiger partial charge in [-0.05, 0) is 53.6 Å². The van der Waals surface area contributed by atoms with Crippen molar-refractivity contribution in [2.24, 2.45) is 5.73 Å². The van der Waals surface area contributed by atoms with Crippen LogP contribution in [0.5, 0.6) is 0 Å². The first-order valence-corrected chi connectivity index (χ1v) is 11.2. The zero-order valence-corrected chi connectivity index (χ0v) is 18.5. The maximum absolute atomic E-state index is 12.7. The smallest absolute Gasteiger partial charge is 0.270 e. The standard InChI is InChI=1S/C24H23N5O3S/c25-21(31)20-23(29-22(32)16-7-9-18(10-8-16)26-12-3-13-30)33-24(28-20)27-19-11-6-15-4-1-2-5-17(15)14-19/h1-2,4-11,14,26,30H,3,12-13H2,(H2,25,31)(H,27,28)(H,29,32). The fourth-order valence-electron chi connectivity index (χ4n) is 3.24. The molecule has 1 heterocycles. The van der Waals surface area contributed by atoms with Gasteiger partial charge in [-0.1, -0.05) is 41.7 Å². The number of hydrogen-bond donors (Lipinski definition) is 5. The van der Waals surface area contributed by atoms with Gasteiger partial charge in [-0.25, -0.2) is 4.98 Å². The second-order valence-corrected chi connectivity index (χ2v) is 8.28. The number of fused-ring (bicyclic) bond motifs is 1. The minimum atomic E-state index is -0.725. The second kappa shape index (κ2) is 10.1. The lowest BCUT2D eigenvalue weighted by Gasteiger charge is -2.07. The molecule has 0 aliphatic rings. The van der Waals surface area contributed by atoms with Crippen LogP contribution in [0.25, 0.3) is 10.8 Å². The molecular weight excluding hydrogens is 438 g/mol. The Morgan fingerprint density at radius 2 is 1.70 bits per heavy atom. The van der Waals surface area contributed by atoms with E-state index in [1.54, 1.807) is 24.3 Å². The molecule has 3 aromatic carbocycles. The zero-order chi connectivity index (χ0) is 23.2. The summed E-state index contributed by atoms with van der Waals surface area (Å²) in [5, 5.41) is 20.8. The van der Waals surface area contributed by atoms with Crippen molar-refractivity contribution < 1.29 is 14.7 Å². The van der Waals surface area contributed by atoms with Crippen LogP contribution in [-0.2, 0) is 0 Å². The Morgan fingerprint density at radius 1 is 0.970 bits per heavy atom. The van der Waals surface area contributed by atoms with Crippen molar-refractivity contribution in [2.45, 2.75) is 6.42 Å². The molecule has 2 amide bonds. The summed E-state index contributed by atoms with van der Waals surface area (Å²) in [6.07, 6.45) is 0.638. The molecule has 0 radical (unpaired) electrons. The van der Waals surface area contributed by atoms with Gasteiger partial charge in [0.05, 0.1) is 0 Å². The molecule has 6 N–H and O–H groups in total. The number of rotatable bonds is 9. The van der Waals surface area contributed by atoms with Crippen molar-refractivity contribution in [1.29, 1.82) is 0 Å². The number of nitrogens with two attached hydrogens (primary N) is 1. The number of thiazole rings is 1. The van der Waals surface area contributed by atoms with E-state index in [-0.39, 0.29) is 23.2 Å². The zero-order valence-electron chi connectivity index (χ0n) is 17.7. The highest BCUT2D eigenvalue weighted by Crippen LogP contribution is 2.32. The maximum atomic E-state index is 12.7. The lowest BCUT2D eigenvalue weighted by atomic mass is 10.1. The molecule has 0 fully saturated rings. The summed E-state index contributed by atoms with van der Waals surface area (Å²) in [5.41, 5.74) is 7.56.